The van der Waals surface area contributed by atoms with Crippen molar-refractivity contribution in [1.29, 1.82) is 0 Å². The van der Waals surface area contributed by atoms with Gasteiger partial charge in [-0.3, -0.25) is 10.1 Å². The molecule has 28 heavy (non-hydrogen) atoms. The molecule has 1 aliphatic rings. The second-order valence-corrected chi connectivity index (χ2v) is 7.05. The van der Waals surface area contributed by atoms with Crippen LogP contribution in [0.4, 0.5) is 0 Å². The number of benzene rings is 3. The summed E-state index contributed by atoms with van der Waals surface area (Å²) in [6.45, 7) is 1.14. The first-order valence-electron chi connectivity index (χ1n) is 9.62. The molecule has 142 valence electrons. The maximum absolute atomic E-state index is 12.3. The van der Waals surface area contributed by atoms with Crippen molar-refractivity contribution in [3.63, 3.8) is 0 Å². The van der Waals surface area contributed by atoms with Crippen LogP contribution in [0.3, 0.4) is 0 Å². The van der Waals surface area contributed by atoms with E-state index in [4.69, 9.17) is 4.74 Å². The number of carbonyl (C=O) groups is 1. The van der Waals surface area contributed by atoms with Crippen molar-refractivity contribution < 1.29 is 9.53 Å². The summed E-state index contributed by atoms with van der Waals surface area (Å²) in [4.78, 5) is 12.3. The highest BCUT2D eigenvalue weighted by molar-refractivity contribution is 5.83. The van der Waals surface area contributed by atoms with Crippen molar-refractivity contribution in [2.24, 2.45) is 0 Å². The molecule has 0 aromatic heterocycles. The minimum Gasteiger partial charge on any atom is -0.489 e. The molecule has 1 saturated heterocycles. The van der Waals surface area contributed by atoms with Crippen LogP contribution in [-0.4, -0.2) is 18.5 Å². The van der Waals surface area contributed by atoms with E-state index in [1.807, 2.05) is 48.5 Å². The highest BCUT2D eigenvalue weighted by Crippen LogP contribution is 2.21. The van der Waals surface area contributed by atoms with Gasteiger partial charge in [-0.15, -0.1) is 0 Å². The highest BCUT2D eigenvalue weighted by Gasteiger charge is 2.28. The van der Waals surface area contributed by atoms with Gasteiger partial charge in [0.15, 0.2) is 0 Å². The Morgan fingerprint density at radius 2 is 1.46 bits per heavy atom. The lowest BCUT2D eigenvalue weighted by molar-refractivity contribution is -0.125. The average molecular weight is 372 g/mol. The second kappa shape index (κ2) is 8.72. The van der Waals surface area contributed by atoms with Crippen molar-refractivity contribution >= 4 is 5.91 Å². The first-order valence-corrected chi connectivity index (χ1v) is 9.62. The molecule has 1 aliphatic heterocycles. The van der Waals surface area contributed by atoms with Gasteiger partial charge in [0.25, 0.3) is 0 Å². The van der Waals surface area contributed by atoms with Crippen LogP contribution < -0.4 is 15.4 Å². The Labute approximate surface area is 165 Å². The van der Waals surface area contributed by atoms with Crippen LogP contribution in [0.25, 0.3) is 0 Å². The smallest absolute Gasteiger partial charge is 0.237 e. The predicted molar refractivity (Wildman–Crippen MR) is 110 cm³/mol. The molecular formula is C24H24N2O2. The van der Waals surface area contributed by atoms with E-state index in [9.17, 15) is 4.79 Å². The molecule has 2 atom stereocenters. The number of piperazine rings is 1. The summed E-state index contributed by atoms with van der Waals surface area (Å²) in [6.07, 6.45) is 0.682. The molecule has 4 heteroatoms. The monoisotopic (exact) mass is 372 g/mol. The van der Waals surface area contributed by atoms with Crippen molar-refractivity contribution in [3.05, 3.63) is 102 Å². The molecule has 0 radical (unpaired) electrons. The van der Waals surface area contributed by atoms with Crippen LogP contribution in [-0.2, 0) is 17.8 Å². The molecule has 0 aliphatic carbocycles. The van der Waals surface area contributed by atoms with E-state index in [2.05, 4.69) is 47.0 Å². The van der Waals surface area contributed by atoms with Gasteiger partial charge in [-0.2, -0.15) is 0 Å². The van der Waals surface area contributed by atoms with E-state index in [0.29, 0.717) is 19.6 Å². The fourth-order valence-electron chi connectivity index (χ4n) is 3.46. The van der Waals surface area contributed by atoms with Gasteiger partial charge in [0.1, 0.15) is 12.4 Å². The largest absolute Gasteiger partial charge is 0.489 e. The topological polar surface area (TPSA) is 50.4 Å². The Morgan fingerprint density at radius 3 is 2.14 bits per heavy atom. The van der Waals surface area contributed by atoms with E-state index >= 15 is 0 Å². The molecule has 3 aromatic carbocycles. The fourth-order valence-corrected chi connectivity index (χ4v) is 3.46. The number of hydrogen-bond donors (Lipinski definition) is 2. The number of nitrogens with one attached hydrogen (secondary N) is 2. The van der Waals surface area contributed by atoms with E-state index in [1.165, 1.54) is 0 Å². The summed E-state index contributed by atoms with van der Waals surface area (Å²) in [5.74, 6) is 0.899. The molecule has 1 fully saturated rings. The Bertz CT molecular complexity index is 895. The van der Waals surface area contributed by atoms with Gasteiger partial charge in [-0.1, -0.05) is 72.8 Å². The SMILES string of the molecule is O=C1NC[C@@H](c2ccc(OCc3ccccc3)cc2)N[C@H]1Cc1ccccc1. The quantitative estimate of drug-likeness (QED) is 0.695. The fraction of sp³-hybridized carbons (Fsp3) is 0.208. The third-order valence-corrected chi connectivity index (χ3v) is 5.01. The lowest BCUT2D eigenvalue weighted by atomic mass is 9.98. The van der Waals surface area contributed by atoms with Crippen molar-refractivity contribution in [2.45, 2.75) is 25.1 Å². The summed E-state index contributed by atoms with van der Waals surface area (Å²) < 4.78 is 5.86. The zero-order chi connectivity index (χ0) is 19.2. The molecule has 0 spiro atoms. The first-order chi connectivity index (χ1) is 13.8. The van der Waals surface area contributed by atoms with Gasteiger partial charge in [0.2, 0.25) is 5.91 Å². The van der Waals surface area contributed by atoms with Crippen molar-refractivity contribution in [1.82, 2.24) is 10.6 Å². The van der Waals surface area contributed by atoms with Gasteiger partial charge >= 0.3 is 0 Å². The first kappa shape index (κ1) is 18.3. The Kier molecular flexibility index (Phi) is 5.69. The Morgan fingerprint density at radius 1 is 0.821 bits per heavy atom. The molecule has 1 amide bonds. The van der Waals surface area contributed by atoms with E-state index in [1.54, 1.807) is 0 Å². The summed E-state index contributed by atoms with van der Waals surface area (Å²) in [6, 6.07) is 28.2. The molecular weight excluding hydrogens is 348 g/mol. The molecule has 3 aromatic rings. The van der Waals surface area contributed by atoms with E-state index in [-0.39, 0.29) is 18.0 Å². The number of ether oxygens (including phenoxy) is 1. The van der Waals surface area contributed by atoms with Crippen LogP contribution in [0.2, 0.25) is 0 Å². The number of amides is 1. The summed E-state index contributed by atoms with van der Waals surface area (Å²) in [5, 5.41) is 6.52. The third kappa shape index (κ3) is 4.59. The van der Waals surface area contributed by atoms with Crippen LogP contribution in [0.5, 0.6) is 5.75 Å². The minimum atomic E-state index is -0.227. The van der Waals surface area contributed by atoms with Crippen molar-refractivity contribution in [2.75, 3.05) is 6.54 Å². The van der Waals surface area contributed by atoms with Crippen LogP contribution in [0.15, 0.2) is 84.9 Å². The van der Waals surface area contributed by atoms with E-state index < -0.39 is 0 Å². The lowest BCUT2D eigenvalue weighted by Crippen LogP contribution is -2.55. The maximum atomic E-state index is 12.3. The number of hydrogen-bond acceptors (Lipinski definition) is 3. The molecule has 2 N–H and O–H groups in total. The minimum absolute atomic E-state index is 0.0583. The standard InChI is InChI=1S/C24H24N2O2/c27-24-22(15-18-7-3-1-4-8-18)26-23(16-25-24)20-11-13-21(14-12-20)28-17-19-9-5-2-6-10-19/h1-14,22-23,26H,15-17H2,(H,25,27)/t22-,23-/m0/s1. The number of carbonyl (C=O) groups excluding carboxylic acids is 1. The zero-order valence-electron chi connectivity index (χ0n) is 15.7. The molecule has 0 saturated carbocycles. The summed E-state index contributed by atoms with van der Waals surface area (Å²) in [7, 11) is 0. The van der Waals surface area contributed by atoms with Gasteiger partial charge in [-0.25, -0.2) is 0 Å². The normalized spacial score (nSPS) is 19.1. The summed E-state index contributed by atoms with van der Waals surface area (Å²) in [5.41, 5.74) is 3.44. The molecule has 0 unspecified atom stereocenters. The summed E-state index contributed by atoms with van der Waals surface area (Å²) >= 11 is 0. The third-order valence-electron chi connectivity index (χ3n) is 5.01. The number of rotatable bonds is 6. The van der Waals surface area contributed by atoms with Crippen LogP contribution in [0.1, 0.15) is 22.7 Å². The zero-order valence-corrected chi connectivity index (χ0v) is 15.7. The highest BCUT2D eigenvalue weighted by atomic mass is 16.5. The second-order valence-electron chi connectivity index (χ2n) is 7.05. The lowest BCUT2D eigenvalue weighted by Gasteiger charge is -2.31. The molecule has 4 rings (SSSR count). The van der Waals surface area contributed by atoms with E-state index in [0.717, 1.165) is 22.4 Å². The molecule has 4 nitrogen and oxygen atoms in total. The Hall–Kier alpha value is -3.11. The van der Waals surface area contributed by atoms with Gasteiger partial charge in [-0.05, 0) is 35.2 Å². The predicted octanol–water partition coefficient (Wildman–Crippen LogP) is 3.64. The van der Waals surface area contributed by atoms with Gasteiger partial charge in [0, 0.05) is 6.54 Å². The van der Waals surface area contributed by atoms with Crippen LogP contribution >= 0.6 is 0 Å². The molecule has 1 heterocycles. The Balaban J connectivity index is 1.37. The van der Waals surface area contributed by atoms with Gasteiger partial charge in [0.05, 0.1) is 12.1 Å². The van der Waals surface area contributed by atoms with Gasteiger partial charge < -0.3 is 10.1 Å². The van der Waals surface area contributed by atoms with Crippen molar-refractivity contribution in [3.8, 4) is 5.75 Å². The molecule has 0 bridgehead atoms. The average Bonchev–Trinajstić information content (AvgIpc) is 2.76. The maximum Gasteiger partial charge on any atom is 0.237 e. The van der Waals surface area contributed by atoms with Crippen LogP contribution in [0, 0.1) is 0 Å².